The molecule has 2 aliphatic rings. The number of rotatable bonds is 4. The molecule has 2 bridgehead atoms. The van der Waals surface area contributed by atoms with E-state index in [0.717, 1.165) is 12.8 Å². The van der Waals surface area contributed by atoms with Crippen LogP contribution in [0.2, 0.25) is 0 Å². The van der Waals surface area contributed by atoms with Crippen molar-refractivity contribution in [2.24, 2.45) is 11.8 Å². The van der Waals surface area contributed by atoms with Crippen molar-refractivity contribution in [3.05, 3.63) is 0 Å². The minimum atomic E-state index is 0.134. The highest BCUT2D eigenvalue weighted by Gasteiger charge is 2.42. The Morgan fingerprint density at radius 3 is 2.93 bits per heavy atom. The summed E-state index contributed by atoms with van der Waals surface area (Å²) in [6, 6.07) is 0.973. The molecule has 2 saturated heterocycles. The molecule has 4 unspecified atom stereocenters. The van der Waals surface area contributed by atoms with Crippen LogP contribution in [0.1, 0.15) is 26.2 Å². The van der Waals surface area contributed by atoms with E-state index in [9.17, 15) is 4.79 Å². The summed E-state index contributed by atoms with van der Waals surface area (Å²) in [7, 11) is 0. The van der Waals surface area contributed by atoms with E-state index >= 15 is 0 Å². The average molecular weight is 212 g/mol. The lowest BCUT2D eigenvalue weighted by Gasteiger charge is -2.20. The van der Waals surface area contributed by atoms with Gasteiger partial charge in [-0.1, -0.05) is 6.92 Å². The molecule has 86 valence electrons. The van der Waals surface area contributed by atoms with Crippen molar-refractivity contribution < 1.29 is 9.90 Å². The molecule has 0 aliphatic carbocycles. The van der Waals surface area contributed by atoms with Crippen LogP contribution in [-0.4, -0.2) is 36.2 Å². The molecular formula is C11H20N2O2. The molecule has 2 fully saturated rings. The molecule has 4 nitrogen and oxygen atoms in total. The first kappa shape index (κ1) is 10.9. The number of carbonyl (C=O) groups is 1. The Kier molecular flexibility index (Phi) is 3.26. The highest BCUT2D eigenvalue weighted by molar-refractivity contribution is 5.80. The zero-order valence-corrected chi connectivity index (χ0v) is 9.20. The summed E-state index contributed by atoms with van der Waals surface area (Å²) in [5, 5.41) is 15.2. The second-order valence-corrected chi connectivity index (χ2v) is 4.92. The standard InChI is InChI=1S/C11H20N2O2/c1-7(6-14)5-12-11(15)9-4-8-2-3-10(9)13-8/h7-10,13-14H,2-6H2,1H3,(H,12,15). The molecule has 4 atom stereocenters. The molecule has 1 amide bonds. The summed E-state index contributed by atoms with van der Waals surface area (Å²) >= 11 is 0. The molecule has 0 spiro atoms. The van der Waals surface area contributed by atoms with E-state index in [1.807, 2.05) is 6.92 Å². The Hall–Kier alpha value is -0.610. The molecule has 4 heteroatoms. The van der Waals surface area contributed by atoms with Gasteiger partial charge in [0.1, 0.15) is 0 Å². The first-order chi connectivity index (χ1) is 7.20. The van der Waals surface area contributed by atoms with Crippen LogP contribution in [0.25, 0.3) is 0 Å². The van der Waals surface area contributed by atoms with Gasteiger partial charge in [0.2, 0.25) is 5.91 Å². The maximum Gasteiger partial charge on any atom is 0.224 e. The summed E-state index contributed by atoms with van der Waals surface area (Å²) in [4.78, 5) is 11.8. The van der Waals surface area contributed by atoms with Gasteiger partial charge in [-0.05, 0) is 25.2 Å². The summed E-state index contributed by atoms with van der Waals surface area (Å²) in [6.07, 6.45) is 3.35. The Morgan fingerprint density at radius 1 is 1.60 bits per heavy atom. The van der Waals surface area contributed by atoms with Crippen LogP contribution in [-0.2, 0) is 4.79 Å². The zero-order valence-electron chi connectivity index (χ0n) is 9.20. The second-order valence-electron chi connectivity index (χ2n) is 4.92. The van der Waals surface area contributed by atoms with Crippen molar-refractivity contribution in [1.82, 2.24) is 10.6 Å². The monoisotopic (exact) mass is 212 g/mol. The summed E-state index contributed by atoms with van der Waals surface area (Å²) < 4.78 is 0. The lowest BCUT2D eigenvalue weighted by atomic mass is 9.88. The van der Waals surface area contributed by atoms with Gasteiger partial charge in [0.25, 0.3) is 0 Å². The van der Waals surface area contributed by atoms with Gasteiger partial charge in [-0.25, -0.2) is 0 Å². The van der Waals surface area contributed by atoms with E-state index in [1.165, 1.54) is 6.42 Å². The van der Waals surface area contributed by atoms with Gasteiger partial charge in [-0.15, -0.1) is 0 Å². The summed E-state index contributed by atoms with van der Waals surface area (Å²) in [5.74, 6) is 0.477. The largest absolute Gasteiger partial charge is 0.396 e. The number of amides is 1. The van der Waals surface area contributed by atoms with E-state index in [0.29, 0.717) is 18.6 Å². The molecule has 0 saturated carbocycles. The maximum absolute atomic E-state index is 11.8. The SMILES string of the molecule is CC(CO)CNC(=O)C1CC2CCC1N2. The van der Waals surface area contributed by atoms with E-state index in [-0.39, 0.29) is 24.3 Å². The minimum absolute atomic E-state index is 0.134. The smallest absolute Gasteiger partial charge is 0.224 e. The van der Waals surface area contributed by atoms with Gasteiger partial charge >= 0.3 is 0 Å². The fourth-order valence-corrected chi connectivity index (χ4v) is 2.58. The molecular weight excluding hydrogens is 192 g/mol. The Morgan fingerprint density at radius 2 is 2.40 bits per heavy atom. The van der Waals surface area contributed by atoms with Crippen molar-refractivity contribution >= 4 is 5.91 Å². The van der Waals surface area contributed by atoms with Crippen molar-refractivity contribution in [3.8, 4) is 0 Å². The van der Waals surface area contributed by atoms with E-state index in [4.69, 9.17) is 5.11 Å². The highest BCUT2D eigenvalue weighted by atomic mass is 16.3. The van der Waals surface area contributed by atoms with Gasteiger partial charge in [-0.3, -0.25) is 4.79 Å². The van der Waals surface area contributed by atoms with Gasteiger partial charge < -0.3 is 15.7 Å². The lowest BCUT2D eigenvalue weighted by molar-refractivity contribution is -0.125. The topological polar surface area (TPSA) is 61.4 Å². The van der Waals surface area contributed by atoms with Crippen LogP contribution in [0.5, 0.6) is 0 Å². The molecule has 0 aromatic carbocycles. The molecule has 0 radical (unpaired) electrons. The average Bonchev–Trinajstić information content (AvgIpc) is 2.86. The fourth-order valence-electron chi connectivity index (χ4n) is 2.58. The van der Waals surface area contributed by atoms with Crippen LogP contribution in [0, 0.1) is 11.8 Å². The number of aliphatic hydroxyl groups excluding tert-OH is 1. The van der Waals surface area contributed by atoms with Crippen LogP contribution in [0.3, 0.4) is 0 Å². The quantitative estimate of drug-likeness (QED) is 0.608. The predicted molar refractivity (Wildman–Crippen MR) is 57.3 cm³/mol. The molecule has 15 heavy (non-hydrogen) atoms. The molecule has 2 aliphatic heterocycles. The van der Waals surface area contributed by atoms with E-state index in [2.05, 4.69) is 10.6 Å². The lowest BCUT2D eigenvalue weighted by Crippen LogP contribution is -2.39. The first-order valence-electron chi connectivity index (χ1n) is 5.85. The molecule has 2 rings (SSSR count). The zero-order chi connectivity index (χ0) is 10.8. The van der Waals surface area contributed by atoms with Gasteiger partial charge in [0.15, 0.2) is 0 Å². The summed E-state index contributed by atoms with van der Waals surface area (Å²) in [5.41, 5.74) is 0. The van der Waals surface area contributed by atoms with Crippen molar-refractivity contribution in [1.29, 1.82) is 0 Å². The Labute approximate surface area is 90.4 Å². The first-order valence-corrected chi connectivity index (χ1v) is 5.85. The molecule has 0 aromatic rings. The third kappa shape index (κ3) is 2.32. The number of carbonyl (C=O) groups excluding carboxylic acids is 1. The Bertz CT molecular complexity index is 245. The number of hydrogen-bond acceptors (Lipinski definition) is 3. The number of hydrogen-bond donors (Lipinski definition) is 3. The maximum atomic E-state index is 11.8. The van der Waals surface area contributed by atoms with Crippen molar-refractivity contribution in [2.45, 2.75) is 38.3 Å². The van der Waals surface area contributed by atoms with Crippen molar-refractivity contribution in [2.75, 3.05) is 13.2 Å². The minimum Gasteiger partial charge on any atom is -0.396 e. The molecule has 2 heterocycles. The second kappa shape index (κ2) is 4.49. The van der Waals surface area contributed by atoms with Crippen LogP contribution in [0.15, 0.2) is 0 Å². The van der Waals surface area contributed by atoms with Gasteiger partial charge in [-0.2, -0.15) is 0 Å². The van der Waals surface area contributed by atoms with E-state index in [1.54, 1.807) is 0 Å². The van der Waals surface area contributed by atoms with Gasteiger partial charge in [0.05, 0.1) is 5.92 Å². The number of fused-ring (bicyclic) bond motifs is 2. The van der Waals surface area contributed by atoms with Crippen LogP contribution >= 0.6 is 0 Å². The molecule has 3 N–H and O–H groups in total. The Balaban J connectivity index is 1.77. The van der Waals surface area contributed by atoms with Crippen molar-refractivity contribution in [3.63, 3.8) is 0 Å². The van der Waals surface area contributed by atoms with Crippen LogP contribution in [0.4, 0.5) is 0 Å². The highest BCUT2D eigenvalue weighted by Crippen LogP contribution is 2.33. The number of nitrogens with one attached hydrogen (secondary N) is 2. The van der Waals surface area contributed by atoms with Crippen LogP contribution < -0.4 is 10.6 Å². The fraction of sp³-hybridized carbons (Fsp3) is 0.909. The molecule has 0 aromatic heterocycles. The third-order valence-electron chi connectivity index (χ3n) is 3.57. The number of aliphatic hydroxyl groups is 1. The van der Waals surface area contributed by atoms with Gasteiger partial charge in [0, 0.05) is 25.2 Å². The van der Waals surface area contributed by atoms with E-state index < -0.39 is 0 Å². The third-order valence-corrected chi connectivity index (χ3v) is 3.57. The summed E-state index contributed by atoms with van der Waals surface area (Å²) in [6.45, 7) is 2.65. The normalized spacial score (nSPS) is 35.5. The predicted octanol–water partition coefficient (Wildman–Crippen LogP) is -0.128.